The van der Waals surface area contributed by atoms with E-state index >= 15 is 0 Å². The Balaban J connectivity index is 1.38. The molecule has 2 saturated heterocycles. The quantitative estimate of drug-likeness (QED) is 0.610. The van der Waals surface area contributed by atoms with Crippen LogP contribution in [0.2, 0.25) is 0 Å². The van der Waals surface area contributed by atoms with Crippen molar-refractivity contribution in [2.24, 2.45) is 0 Å². The molecule has 2 heterocycles. The highest BCUT2D eigenvalue weighted by Crippen LogP contribution is 2.30. The SMILES string of the molecule is Cc1ccc(C(=O)N2CCC(c3ccc(S(=O)(=O)N4CCN(C)CC4)cc3)CC2)cc1NS(C)(=O)=O. The van der Waals surface area contributed by atoms with Gasteiger partial charge in [0, 0.05) is 44.8 Å². The number of carbonyl (C=O) groups excluding carboxylic acids is 1. The molecule has 0 saturated carbocycles. The Morgan fingerprint density at radius 2 is 1.50 bits per heavy atom. The van der Waals surface area contributed by atoms with E-state index in [0.29, 0.717) is 42.3 Å². The summed E-state index contributed by atoms with van der Waals surface area (Å²) < 4.78 is 53.2. The number of nitrogens with one attached hydrogen (secondary N) is 1. The predicted molar refractivity (Wildman–Crippen MR) is 140 cm³/mol. The Bertz CT molecular complexity index is 1310. The van der Waals surface area contributed by atoms with Crippen molar-refractivity contribution in [1.82, 2.24) is 14.1 Å². The zero-order valence-electron chi connectivity index (χ0n) is 21.0. The van der Waals surface area contributed by atoms with Gasteiger partial charge in [0.25, 0.3) is 5.91 Å². The van der Waals surface area contributed by atoms with Gasteiger partial charge in [-0.3, -0.25) is 9.52 Å². The van der Waals surface area contributed by atoms with Gasteiger partial charge >= 0.3 is 0 Å². The Morgan fingerprint density at radius 3 is 2.08 bits per heavy atom. The van der Waals surface area contributed by atoms with Crippen molar-refractivity contribution in [3.05, 3.63) is 59.2 Å². The van der Waals surface area contributed by atoms with Crippen LogP contribution in [-0.2, 0) is 20.0 Å². The lowest BCUT2D eigenvalue weighted by Crippen LogP contribution is -2.47. The van der Waals surface area contributed by atoms with Crippen molar-refractivity contribution in [2.75, 3.05) is 57.3 Å². The first-order chi connectivity index (χ1) is 16.9. The standard InChI is InChI=1S/C25H34N4O5S2/c1-19-4-5-22(18-24(19)26-35(3,31)32)25(30)28-12-10-21(11-13-28)20-6-8-23(9-7-20)36(33,34)29-16-14-27(2)15-17-29/h4-9,18,21,26H,10-17H2,1-3H3. The van der Waals surface area contributed by atoms with Gasteiger partial charge < -0.3 is 9.80 Å². The molecule has 2 aromatic carbocycles. The fourth-order valence-electron chi connectivity index (χ4n) is 4.75. The van der Waals surface area contributed by atoms with Crippen LogP contribution in [0, 0.1) is 6.92 Å². The largest absolute Gasteiger partial charge is 0.339 e. The molecule has 0 aromatic heterocycles. The van der Waals surface area contributed by atoms with Crippen molar-refractivity contribution < 1.29 is 21.6 Å². The van der Waals surface area contributed by atoms with Crippen molar-refractivity contribution in [2.45, 2.75) is 30.6 Å². The summed E-state index contributed by atoms with van der Waals surface area (Å²) in [5.74, 6) is 0.119. The number of benzene rings is 2. The molecule has 2 fully saturated rings. The number of piperazine rings is 1. The number of nitrogens with zero attached hydrogens (tertiary/aromatic N) is 3. The number of hydrogen-bond donors (Lipinski definition) is 1. The number of anilines is 1. The minimum atomic E-state index is -3.49. The van der Waals surface area contributed by atoms with E-state index < -0.39 is 20.0 Å². The van der Waals surface area contributed by atoms with Gasteiger partial charge in [0.2, 0.25) is 20.0 Å². The molecule has 0 atom stereocenters. The van der Waals surface area contributed by atoms with Gasteiger partial charge in [-0.05, 0) is 68.1 Å². The third kappa shape index (κ3) is 6.08. The predicted octanol–water partition coefficient (Wildman–Crippen LogP) is 2.32. The Labute approximate surface area is 214 Å². The molecule has 1 N–H and O–H groups in total. The number of hydrogen-bond acceptors (Lipinski definition) is 6. The first-order valence-corrected chi connectivity index (χ1v) is 15.4. The number of likely N-dealkylation sites (tertiary alicyclic amines) is 1. The second-order valence-corrected chi connectivity index (χ2v) is 13.4. The summed E-state index contributed by atoms with van der Waals surface area (Å²) in [6.07, 6.45) is 2.63. The van der Waals surface area contributed by atoms with Crippen LogP contribution >= 0.6 is 0 Å². The van der Waals surface area contributed by atoms with Gasteiger partial charge in [0.1, 0.15) is 0 Å². The van der Waals surface area contributed by atoms with E-state index in [1.54, 1.807) is 46.5 Å². The van der Waals surface area contributed by atoms with Gasteiger partial charge in [-0.1, -0.05) is 18.2 Å². The van der Waals surface area contributed by atoms with E-state index in [0.717, 1.165) is 43.3 Å². The summed E-state index contributed by atoms with van der Waals surface area (Å²) >= 11 is 0. The molecule has 196 valence electrons. The summed E-state index contributed by atoms with van der Waals surface area (Å²) in [7, 11) is -4.94. The molecule has 9 nitrogen and oxygen atoms in total. The van der Waals surface area contributed by atoms with E-state index in [9.17, 15) is 21.6 Å². The molecule has 4 rings (SSSR count). The van der Waals surface area contributed by atoms with Crippen molar-refractivity contribution in [3.8, 4) is 0 Å². The Morgan fingerprint density at radius 1 is 0.889 bits per heavy atom. The van der Waals surface area contributed by atoms with Crippen LogP contribution in [0.15, 0.2) is 47.4 Å². The molecule has 1 amide bonds. The summed E-state index contributed by atoms with van der Waals surface area (Å²) in [4.78, 5) is 17.3. The Hall–Kier alpha value is -2.47. The van der Waals surface area contributed by atoms with Crippen LogP contribution in [-0.4, -0.2) is 89.4 Å². The zero-order chi connectivity index (χ0) is 26.1. The molecule has 2 aliphatic rings. The van der Waals surface area contributed by atoms with Crippen molar-refractivity contribution in [3.63, 3.8) is 0 Å². The summed E-state index contributed by atoms with van der Waals surface area (Å²) in [5, 5.41) is 0. The van der Waals surface area contributed by atoms with Gasteiger partial charge in [0.05, 0.1) is 16.8 Å². The molecule has 0 bridgehead atoms. The maximum Gasteiger partial charge on any atom is 0.253 e. The lowest BCUT2D eigenvalue weighted by atomic mass is 9.89. The number of rotatable bonds is 6. The number of amides is 1. The fourth-order valence-corrected chi connectivity index (χ4v) is 6.79. The molecule has 0 aliphatic carbocycles. The highest BCUT2D eigenvalue weighted by Gasteiger charge is 2.29. The Kier molecular flexibility index (Phi) is 7.75. The van der Waals surface area contributed by atoms with Crippen LogP contribution in [0.25, 0.3) is 0 Å². The topological polar surface area (TPSA) is 107 Å². The maximum absolute atomic E-state index is 13.1. The normalized spacial score (nSPS) is 18.8. The second kappa shape index (κ2) is 10.5. The molecule has 0 unspecified atom stereocenters. The van der Waals surface area contributed by atoms with Crippen LogP contribution < -0.4 is 4.72 Å². The molecular weight excluding hydrogens is 500 g/mol. The third-order valence-electron chi connectivity index (χ3n) is 7.01. The van der Waals surface area contributed by atoms with Gasteiger partial charge in [-0.25, -0.2) is 16.8 Å². The van der Waals surface area contributed by atoms with Crippen LogP contribution in [0.4, 0.5) is 5.69 Å². The van der Waals surface area contributed by atoms with E-state index in [1.165, 1.54) is 0 Å². The summed E-state index contributed by atoms with van der Waals surface area (Å²) in [6, 6.07) is 12.2. The minimum absolute atomic E-state index is 0.126. The first kappa shape index (κ1) is 26.6. The number of piperidine rings is 1. The van der Waals surface area contributed by atoms with E-state index in [2.05, 4.69) is 9.62 Å². The van der Waals surface area contributed by atoms with Crippen LogP contribution in [0.3, 0.4) is 0 Å². The van der Waals surface area contributed by atoms with Crippen molar-refractivity contribution >= 4 is 31.6 Å². The number of likely N-dealkylation sites (N-methyl/N-ethyl adjacent to an activating group) is 1. The molecule has 11 heteroatoms. The average Bonchev–Trinajstić information content (AvgIpc) is 2.84. The molecule has 2 aliphatic heterocycles. The number of aryl methyl sites for hydroxylation is 1. The average molecular weight is 535 g/mol. The minimum Gasteiger partial charge on any atom is -0.339 e. The maximum atomic E-state index is 13.1. The number of carbonyl (C=O) groups is 1. The first-order valence-electron chi connectivity index (χ1n) is 12.1. The van der Waals surface area contributed by atoms with E-state index in [4.69, 9.17) is 0 Å². The number of sulfonamides is 2. The third-order valence-corrected chi connectivity index (χ3v) is 9.52. The summed E-state index contributed by atoms with van der Waals surface area (Å²) in [5.41, 5.74) is 2.68. The molecule has 0 radical (unpaired) electrons. The second-order valence-electron chi connectivity index (χ2n) is 9.75. The molecule has 0 spiro atoms. The molecule has 2 aromatic rings. The zero-order valence-corrected chi connectivity index (χ0v) is 22.6. The van der Waals surface area contributed by atoms with E-state index in [1.807, 2.05) is 19.2 Å². The summed E-state index contributed by atoms with van der Waals surface area (Å²) in [6.45, 7) is 5.40. The highest BCUT2D eigenvalue weighted by atomic mass is 32.2. The molecular formula is C25H34N4O5S2. The van der Waals surface area contributed by atoms with Crippen LogP contribution in [0.5, 0.6) is 0 Å². The smallest absolute Gasteiger partial charge is 0.253 e. The lowest BCUT2D eigenvalue weighted by molar-refractivity contribution is 0.0713. The van der Waals surface area contributed by atoms with Crippen LogP contribution in [0.1, 0.15) is 40.2 Å². The lowest BCUT2D eigenvalue weighted by Gasteiger charge is -2.33. The highest BCUT2D eigenvalue weighted by molar-refractivity contribution is 7.92. The fraction of sp³-hybridized carbons (Fsp3) is 0.480. The monoisotopic (exact) mass is 534 g/mol. The van der Waals surface area contributed by atoms with Crippen molar-refractivity contribution in [1.29, 1.82) is 0 Å². The van der Waals surface area contributed by atoms with Gasteiger partial charge in [-0.2, -0.15) is 4.31 Å². The van der Waals surface area contributed by atoms with E-state index in [-0.39, 0.29) is 11.8 Å². The molecule has 36 heavy (non-hydrogen) atoms. The van der Waals surface area contributed by atoms with Gasteiger partial charge in [0.15, 0.2) is 0 Å². The van der Waals surface area contributed by atoms with Gasteiger partial charge in [-0.15, -0.1) is 0 Å².